The lowest BCUT2D eigenvalue weighted by Crippen LogP contribution is -2.06. The number of aliphatic hydroxyl groups is 1. The molecular weight excluding hydrogens is 302 g/mol. The van der Waals surface area contributed by atoms with Crippen LogP contribution in [0.2, 0.25) is 0 Å². The van der Waals surface area contributed by atoms with Crippen LogP contribution in [0, 0.1) is 0 Å². The number of halogens is 1. The normalized spacial score (nSPS) is 17.3. The zero-order chi connectivity index (χ0) is 13.2. The highest BCUT2D eigenvalue weighted by Gasteiger charge is 2.18. The minimum atomic E-state index is -0.522. The van der Waals surface area contributed by atoms with Crippen LogP contribution in [0.3, 0.4) is 0 Å². The second kappa shape index (κ2) is 5.43. The summed E-state index contributed by atoms with van der Waals surface area (Å²) in [6.45, 7) is 0. The number of hydrogen-bond donors (Lipinski definition) is 1. The van der Waals surface area contributed by atoms with E-state index in [0.717, 1.165) is 39.4 Å². The Hall–Kier alpha value is -1.19. The molecule has 0 amide bonds. The van der Waals surface area contributed by atoms with Crippen LogP contribution in [0.1, 0.15) is 37.4 Å². The van der Waals surface area contributed by atoms with Gasteiger partial charge in [-0.25, -0.2) is 0 Å². The minimum Gasteiger partial charge on any atom is -0.384 e. The molecule has 19 heavy (non-hydrogen) atoms. The van der Waals surface area contributed by atoms with Crippen LogP contribution in [-0.2, 0) is 0 Å². The Kier molecular flexibility index (Phi) is 3.67. The third-order valence-electron chi connectivity index (χ3n) is 3.72. The topological polar surface area (TPSA) is 33.1 Å². The van der Waals surface area contributed by atoms with Crippen molar-refractivity contribution >= 4 is 26.8 Å². The van der Waals surface area contributed by atoms with E-state index < -0.39 is 6.10 Å². The first-order chi connectivity index (χ1) is 9.27. The Morgan fingerprint density at radius 1 is 1.21 bits per heavy atom. The van der Waals surface area contributed by atoms with Gasteiger partial charge < -0.3 is 5.11 Å². The smallest absolute Gasteiger partial charge is 0.102 e. The highest BCUT2D eigenvalue weighted by atomic mass is 79.9. The number of rotatable bonds is 2. The molecule has 1 aliphatic carbocycles. The molecule has 2 nitrogen and oxygen atoms in total. The molecule has 1 aromatic heterocycles. The molecule has 1 heterocycles. The van der Waals surface area contributed by atoms with Crippen LogP contribution in [-0.4, -0.2) is 10.1 Å². The maximum absolute atomic E-state index is 10.6. The van der Waals surface area contributed by atoms with E-state index in [0.29, 0.717) is 0 Å². The number of fused-ring (bicyclic) bond motifs is 1. The summed E-state index contributed by atoms with van der Waals surface area (Å²) in [4.78, 5) is 4.44. The second-order valence-corrected chi connectivity index (χ2v) is 5.82. The van der Waals surface area contributed by atoms with E-state index in [4.69, 9.17) is 0 Å². The van der Waals surface area contributed by atoms with Crippen LogP contribution in [0.25, 0.3) is 10.9 Å². The molecule has 0 radical (unpaired) electrons. The summed E-state index contributed by atoms with van der Waals surface area (Å²) >= 11 is 3.54. The van der Waals surface area contributed by atoms with Crippen LogP contribution < -0.4 is 0 Å². The fraction of sp³-hybridized carbons (Fsp3) is 0.312. The quantitative estimate of drug-likeness (QED) is 0.825. The van der Waals surface area contributed by atoms with Crippen molar-refractivity contribution < 1.29 is 5.11 Å². The van der Waals surface area contributed by atoms with Crippen LogP contribution >= 0.6 is 15.9 Å². The van der Waals surface area contributed by atoms with Gasteiger partial charge in [0.15, 0.2) is 0 Å². The van der Waals surface area contributed by atoms with Gasteiger partial charge in [-0.15, -0.1) is 0 Å². The molecule has 1 N–H and O–H groups in total. The van der Waals surface area contributed by atoms with E-state index in [1.807, 2.05) is 24.3 Å². The molecule has 0 fully saturated rings. The van der Waals surface area contributed by atoms with Gasteiger partial charge in [-0.3, -0.25) is 4.98 Å². The number of pyridine rings is 1. The van der Waals surface area contributed by atoms with Gasteiger partial charge in [-0.2, -0.15) is 0 Å². The van der Waals surface area contributed by atoms with Crippen molar-refractivity contribution in [1.29, 1.82) is 0 Å². The fourth-order valence-corrected chi connectivity index (χ4v) is 3.14. The van der Waals surface area contributed by atoms with Crippen molar-refractivity contribution in [1.82, 2.24) is 4.98 Å². The summed E-state index contributed by atoms with van der Waals surface area (Å²) in [5.74, 6) is 0. The number of allylic oxidation sites excluding steroid dienone is 1. The molecule has 2 aromatic rings. The predicted molar refractivity (Wildman–Crippen MR) is 81.0 cm³/mol. The van der Waals surface area contributed by atoms with Gasteiger partial charge in [0, 0.05) is 21.6 Å². The predicted octanol–water partition coefficient (Wildman–Crippen LogP) is 4.53. The number of aliphatic hydroxyl groups excluding tert-OH is 1. The third-order valence-corrected chi connectivity index (χ3v) is 4.41. The van der Waals surface area contributed by atoms with Gasteiger partial charge in [-0.1, -0.05) is 34.1 Å². The Bertz CT molecular complexity index is 636. The lowest BCUT2D eigenvalue weighted by atomic mass is 9.91. The molecule has 3 rings (SSSR count). The van der Waals surface area contributed by atoms with E-state index in [2.05, 4.69) is 27.0 Å². The molecule has 3 heteroatoms. The van der Waals surface area contributed by atoms with E-state index in [-0.39, 0.29) is 0 Å². The summed E-state index contributed by atoms with van der Waals surface area (Å²) in [7, 11) is 0. The van der Waals surface area contributed by atoms with Gasteiger partial charge in [0.05, 0.1) is 5.52 Å². The van der Waals surface area contributed by atoms with Crippen molar-refractivity contribution in [2.75, 3.05) is 0 Å². The van der Waals surface area contributed by atoms with E-state index in [1.54, 1.807) is 6.20 Å². The van der Waals surface area contributed by atoms with Crippen LogP contribution in [0.4, 0.5) is 0 Å². The average molecular weight is 318 g/mol. The van der Waals surface area contributed by atoms with Crippen molar-refractivity contribution in [3.05, 3.63) is 52.1 Å². The first-order valence-corrected chi connectivity index (χ1v) is 7.47. The van der Waals surface area contributed by atoms with E-state index in [9.17, 15) is 5.11 Å². The SMILES string of the molecule is OC(C1=CCCCC1)c1ccc(Br)c2cccnc12. The lowest BCUT2D eigenvalue weighted by Gasteiger charge is -2.20. The maximum Gasteiger partial charge on any atom is 0.102 e. The van der Waals surface area contributed by atoms with Crippen LogP contribution in [0.5, 0.6) is 0 Å². The molecule has 1 aliphatic rings. The first-order valence-electron chi connectivity index (χ1n) is 6.67. The molecular formula is C16H16BrNO. The summed E-state index contributed by atoms with van der Waals surface area (Å²) in [6.07, 6.45) is 7.91. The Morgan fingerprint density at radius 3 is 2.89 bits per heavy atom. The summed E-state index contributed by atoms with van der Waals surface area (Å²) in [5, 5.41) is 11.7. The molecule has 1 atom stereocenters. The average Bonchev–Trinajstić information content (AvgIpc) is 2.48. The zero-order valence-corrected chi connectivity index (χ0v) is 12.2. The highest BCUT2D eigenvalue weighted by Crippen LogP contribution is 2.34. The molecule has 0 saturated heterocycles. The molecule has 1 aromatic carbocycles. The molecule has 0 aliphatic heterocycles. The number of aromatic nitrogens is 1. The lowest BCUT2D eigenvalue weighted by molar-refractivity contribution is 0.209. The van der Waals surface area contributed by atoms with Gasteiger partial charge in [-0.05, 0) is 43.4 Å². The monoisotopic (exact) mass is 317 g/mol. The van der Waals surface area contributed by atoms with Crippen molar-refractivity contribution in [2.24, 2.45) is 0 Å². The second-order valence-electron chi connectivity index (χ2n) is 4.96. The van der Waals surface area contributed by atoms with Gasteiger partial charge in [0.2, 0.25) is 0 Å². The Morgan fingerprint density at radius 2 is 2.11 bits per heavy atom. The summed E-state index contributed by atoms with van der Waals surface area (Å²) in [6, 6.07) is 7.91. The molecule has 0 saturated carbocycles. The van der Waals surface area contributed by atoms with Gasteiger partial charge in [0.1, 0.15) is 6.10 Å². The van der Waals surface area contributed by atoms with Crippen LogP contribution in [0.15, 0.2) is 46.6 Å². The van der Waals surface area contributed by atoms with Crippen molar-refractivity contribution in [3.8, 4) is 0 Å². The largest absolute Gasteiger partial charge is 0.384 e. The van der Waals surface area contributed by atoms with Gasteiger partial charge >= 0.3 is 0 Å². The Balaban J connectivity index is 2.10. The Labute approximate surface area is 121 Å². The van der Waals surface area contributed by atoms with Crippen molar-refractivity contribution in [3.63, 3.8) is 0 Å². The number of nitrogens with zero attached hydrogens (tertiary/aromatic N) is 1. The van der Waals surface area contributed by atoms with Crippen molar-refractivity contribution in [2.45, 2.75) is 31.8 Å². The van der Waals surface area contributed by atoms with E-state index in [1.165, 1.54) is 12.8 Å². The molecule has 1 unspecified atom stereocenters. The highest BCUT2D eigenvalue weighted by molar-refractivity contribution is 9.10. The number of benzene rings is 1. The standard InChI is InChI=1S/C16H16BrNO/c17-14-9-8-13(15-12(14)7-4-10-18-15)16(19)11-5-2-1-3-6-11/h4-5,7-10,16,19H,1-3,6H2. The first kappa shape index (κ1) is 12.8. The third kappa shape index (κ3) is 2.45. The molecule has 0 bridgehead atoms. The maximum atomic E-state index is 10.6. The van der Waals surface area contributed by atoms with Gasteiger partial charge in [0.25, 0.3) is 0 Å². The number of hydrogen-bond acceptors (Lipinski definition) is 2. The molecule has 0 spiro atoms. The summed E-state index contributed by atoms with van der Waals surface area (Å²) < 4.78 is 1.02. The summed E-state index contributed by atoms with van der Waals surface area (Å²) in [5.41, 5.74) is 2.93. The van der Waals surface area contributed by atoms with E-state index >= 15 is 0 Å². The minimum absolute atomic E-state index is 0.522. The fourth-order valence-electron chi connectivity index (χ4n) is 2.69. The molecule has 98 valence electrons. The zero-order valence-electron chi connectivity index (χ0n) is 10.6.